The van der Waals surface area contributed by atoms with Gasteiger partial charge in [0.15, 0.2) is 0 Å². The second-order valence-electron chi connectivity index (χ2n) is 6.18. The van der Waals surface area contributed by atoms with Crippen LogP contribution in [-0.4, -0.2) is 28.7 Å². The quantitative estimate of drug-likeness (QED) is 0.920. The molecule has 1 aromatic carbocycles. The number of benzene rings is 1. The van der Waals surface area contributed by atoms with Crippen molar-refractivity contribution in [3.63, 3.8) is 0 Å². The standard InChI is InChI=1S/C17H22N4/c18-17-9-11-20(14-5-1-2-6-14)21(17)16-7-3-4-13-12-19-10-8-15(13)16/h3-4,7-8,10,12,14,17H,1-2,5-6,9,11,18H2. The minimum Gasteiger partial charge on any atom is -0.310 e. The summed E-state index contributed by atoms with van der Waals surface area (Å²) < 4.78 is 0. The van der Waals surface area contributed by atoms with E-state index in [1.165, 1.54) is 42.1 Å². The van der Waals surface area contributed by atoms with E-state index < -0.39 is 0 Å². The lowest BCUT2D eigenvalue weighted by molar-refractivity contribution is 0.219. The molecule has 1 atom stereocenters. The summed E-state index contributed by atoms with van der Waals surface area (Å²) in [7, 11) is 0. The highest BCUT2D eigenvalue weighted by molar-refractivity contribution is 5.93. The molecule has 1 saturated heterocycles. The van der Waals surface area contributed by atoms with E-state index in [0.29, 0.717) is 6.04 Å². The third-order valence-corrected chi connectivity index (χ3v) is 4.90. The van der Waals surface area contributed by atoms with Crippen molar-refractivity contribution >= 4 is 16.5 Å². The van der Waals surface area contributed by atoms with E-state index in [4.69, 9.17) is 5.73 Å². The van der Waals surface area contributed by atoms with Crippen molar-refractivity contribution in [1.29, 1.82) is 0 Å². The topological polar surface area (TPSA) is 45.4 Å². The number of nitrogens with two attached hydrogens (primary N) is 1. The molecule has 2 aromatic rings. The van der Waals surface area contributed by atoms with E-state index >= 15 is 0 Å². The van der Waals surface area contributed by atoms with E-state index in [0.717, 1.165) is 13.0 Å². The van der Waals surface area contributed by atoms with Crippen LogP contribution in [0.4, 0.5) is 5.69 Å². The van der Waals surface area contributed by atoms with Crippen LogP contribution in [0.1, 0.15) is 32.1 Å². The molecule has 2 fully saturated rings. The van der Waals surface area contributed by atoms with Crippen LogP contribution >= 0.6 is 0 Å². The molecule has 0 radical (unpaired) electrons. The molecule has 4 heteroatoms. The molecule has 4 nitrogen and oxygen atoms in total. The predicted molar refractivity (Wildman–Crippen MR) is 85.8 cm³/mol. The average molecular weight is 282 g/mol. The van der Waals surface area contributed by atoms with Gasteiger partial charge in [-0.25, -0.2) is 5.01 Å². The fourth-order valence-corrected chi connectivity index (χ4v) is 3.87. The Balaban J connectivity index is 1.77. The Kier molecular flexibility index (Phi) is 3.28. The minimum atomic E-state index is 0.0874. The van der Waals surface area contributed by atoms with Crippen molar-refractivity contribution in [2.75, 3.05) is 11.6 Å². The number of hydrogen-bond donors (Lipinski definition) is 1. The summed E-state index contributed by atoms with van der Waals surface area (Å²) in [5.41, 5.74) is 7.66. The highest BCUT2D eigenvalue weighted by Gasteiger charge is 2.36. The zero-order valence-corrected chi connectivity index (χ0v) is 12.3. The molecule has 2 aliphatic rings. The van der Waals surface area contributed by atoms with E-state index in [1.54, 1.807) is 0 Å². The monoisotopic (exact) mass is 282 g/mol. The largest absolute Gasteiger partial charge is 0.310 e. The highest BCUT2D eigenvalue weighted by Crippen LogP contribution is 2.35. The summed E-state index contributed by atoms with van der Waals surface area (Å²) in [6, 6.07) is 9.18. The lowest BCUT2D eigenvalue weighted by Crippen LogP contribution is -2.49. The van der Waals surface area contributed by atoms with Crippen molar-refractivity contribution in [3.05, 3.63) is 36.7 Å². The van der Waals surface area contributed by atoms with Gasteiger partial charge in [0.1, 0.15) is 0 Å². The van der Waals surface area contributed by atoms with Gasteiger partial charge in [-0.1, -0.05) is 25.0 Å². The third-order valence-electron chi connectivity index (χ3n) is 4.90. The summed E-state index contributed by atoms with van der Waals surface area (Å²) in [6.07, 6.45) is 10.2. The Bertz CT molecular complexity index is 630. The molecule has 110 valence electrons. The van der Waals surface area contributed by atoms with Crippen LogP contribution in [0.15, 0.2) is 36.7 Å². The van der Waals surface area contributed by atoms with Crippen LogP contribution in [0, 0.1) is 0 Å². The van der Waals surface area contributed by atoms with Gasteiger partial charge in [-0.2, -0.15) is 0 Å². The fraction of sp³-hybridized carbons (Fsp3) is 0.471. The van der Waals surface area contributed by atoms with Gasteiger partial charge >= 0.3 is 0 Å². The number of nitrogens with zero attached hydrogens (tertiary/aromatic N) is 3. The number of rotatable bonds is 2. The van der Waals surface area contributed by atoms with Gasteiger partial charge in [0.25, 0.3) is 0 Å². The SMILES string of the molecule is NC1CCN(C2CCCC2)N1c1cccc2cnccc12. The molecular weight excluding hydrogens is 260 g/mol. The van der Waals surface area contributed by atoms with Gasteiger partial charge in [0.2, 0.25) is 0 Å². The fourth-order valence-electron chi connectivity index (χ4n) is 3.87. The molecule has 4 rings (SSSR count). The summed E-state index contributed by atoms with van der Waals surface area (Å²) in [4.78, 5) is 4.23. The second kappa shape index (κ2) is 5.28. The van der Waals surface area contributed by atoms with Crippen molar-refractivity contribution in [2.45, 2.75) is 44.3 Å². The van der Waals surface area contributed by atoms with Crippen molar-refractivity contribution in [1.82, 2.24) is 9.99 Å². The molecule has 2 heterocycles. The predicted octanol–water partition coefficient (Wildman–Crippen LogP) is 2.89. The molecule has 0 spiro atoms. The van der Waals surface area contributed by atoms with Crippen LogP contribution in [-0.2, 0) is 0 Å². The smallest absolute Gasteiger partial charge is 0.0939 e. The first kappa shape index (κ1) is 13.0. The Morgan fingerprint density at radius 1 is 1.10 bits per heavy atom. The first-order valence-corrected chi connectivity index (χ1v) is 7.99. The Morgan fingerprint density at radius 3 is 2.81 bits per heavy atom. The van der Waals surface area contributed by atoms with Crippen molar-refractivity contribution in [3.8, 4) is 0 Å². The van der Waals surface area contributed by atoms with E-state index in [9.17, 15) is 0 Å². The summed E-state index contributed by atoms with van der Waals surface area (Å²) in [6.45, 7) is 1.08. The summed E-state index contributed by atoms with van der Waals surface area (Å²) in [5, 5.41) is 7.29. The van der Waals surface area contributed by atoms with Crippen LogP contribution in [0.5, 0.6) is 0 Å². The normalized spacial score (nSPS) is 24.2. The van der Waals surface area contributed by atoms with Crippen LogP contribution in [0.25, 0.3) is 10.8 Å². The number of fused-ring (bicyclic) bond motifs is 1. The second-order valence-corrected chi connectivity index (χ2v) is 6.18. The Morgan fingerprint density at radius 2 is 1.95 bits per heavy atom. The molecule has 2 N–H and O–H groups in total. The van der Waals surface area contributed by atoms with E-state index in [-0.39, 0.29) is 6.17 Å². The van der Waals surface area contributed by atoms with E-state index in [1.807, 2.05) is 12.4 Å². The number of hydrazine groups is 1. The van der Waals surface area contributed by atoms with Gasteiger partial charge in [0, 0.05) is 35.8 Å². The van der Waals surface area contributed by atoms with Gasteiger partial charge < -0.3 is 5.73 Å². The van der Waals surface area contributed by atoms with Crippen molar-refractivity contribution < 1.29 is 0 Å². The first-order chi connectivity index (χ1) is 10.3. The average Bonchev–Trinajstić information content (AvgIpc) is 3.16. The van der Waals surface area contributed by atoms with E-state index in [2.05, 4.69) is 39.3 Å². The molecule has 0 amide bonds. The maximum atomic E-state index is 6.43. The highest BCUT2D eigenvalue weighted by atomic mass is 15.7. The molecule has 1 aliphatic carbocycles. The maximum absolute atomic E-state index is 6.43. The van der Waals surface area contributed by atoms with Gasteiger partial charge in [-0.3, -0.25) is 9.99 Å². The van der Waals surface area contributed by atoms with Gasteiger partial charge in [-0.05, 0) is 31.4 Å². The Labute approximate surface area is 125 Å². The van der Waals surface area contributed by atoms with Gasteiger partial charge in [-0.15, -0.1) is 0 Å². The molecule has 21 heavy (non-hydrogen) atoms. The zero-order valence-electron chi connectivity index (χ0n) is 12.3. The van der Waals surface area contributed by atoms with Crippen LogP contribution < -0.4 is 10.7 Å². The molecule has 1 aromatic heterocycles. The lowest BCUT2D eigenvalue weighted by Gasteiger charge is -2.37. The Hall–Kier alpha value is -1.65. The summed E-state index contributed by atoms with van der Waals surface area (Å²) >= 11 is 0. The zero-order chi connectivity index (χ0) is 14.2. The summed E-state index contributed by atoms with van der Waals surface area (Å²) in [5.74, 6) is 0. The lowest BCUT2D eigenvalue weighted by atomic mass is 10.1. The molecule has 0 bridgehead atoms. The number of anilines is 1. The molecular formula is C17H22N4. The number of hydrogen-bond acceptors (Lipinski definition) is 4. The molecule has 1 unspecified atom stereocenters. The number of aromatic nitrogens is 1. The van der Waals surface area contributed by atoms with Crippen molar-refractivity contribution in [2.24, 2.45) is 5.73 Å². The maximum Gasteiger partial charge on any atom is 0.0939 e. The molecule has 1 aliphatic heterocycles. The van der Waals surface area contributed by atoms with Crippen LogP contribution in [0.2, 0.25) is 0 Å². The van der Waals surface area contributed by atoms with Gasteiger partial charge in [0.05, 0.1) is 11.9 Å². The number of pyridine rings is 1. The minimum absolute atomic E-state index is 0.0874. The third kappa shape index (κ3) is 2.19. The van der Waals surface area contributed by atoms with Crippen LogP contribution in [0.3, 0.4) is 0 Å². The first-order valence-electron chi connectivity index (χ1n) is 7.99. The molecule has 1 saturated carbocycles.